The Morgan fingerprint density at radius 2 is 2.10 bits per heavy atom. The van der Waals surface area contributed by atoms with Crippen molar-refractivity contribution in [2.45, 2.75) is 19.9 Å². The third kappa shape index (κ3) is 3.06. The SMILES string of the molecule is CN=C(NC(C)C)C(=O)O. The van der Waals surface area contributed by atoms with E-state index in [-0.39, 0.29) is 11.9 Å². The van der Waals surface area contributed by atoms with E-state index in [4.69, 9.17) is 5.11 Å². The second-order valence-electron chi connectivity index (χ2n) is 2.18. The van der Waals surface area contributed by atoms with E-state index in [2.05, 4.69) is 10.3 Å². The number of hydrogen-bond donors (Lipinski definition) is 2. The van der Waals surface area contributed by atoms with E-state index < -0.39 is 5.97 Å². The lowest BCUT2D eigenvalue weighted by Gasteiger charge is -2.07. The second kappa shape index (κ2) is 3.87. The molecule has 0 heterocycles. The van der Waals surface area contributed by atoms with Crippen LogP contribution in [0.3, 0.4) is 0 Å². The smallest absolute Gasteiger partial charge is 0.371 e. The van der Waals surface area contributed by atoms with Gasteiger partial charge in [-0.1, -0.05) is 0 Å². The first-order valence-electron chi connectivity index (χ1n) is 3.04. The van der Waals surface area contributed by atoms with Crippen molar-refractivity contribution in [2.75, 3.05) is 7.05 Å². The molecule has 0 aromatic heterocycles. The first-order valence-corrected chi connectivity index (χ1v) is 3.04. The van der Waals surface area contributed by atoms with Crippen LogP contribution in [0.1, 0.15) is 13.8 Å². The summed E-state index contributed by atoms with van der Waals surface area (Å²) in [6.07, 6.45) is 0. The summed E-state index contributed by atoms with van der Waals surface area (Å²) in [5.41, 5.74) is 0. The Kier molecular flexibility index (Phi) is 3.46. The number of nitrogens with zero attached hydrogens (tertiary/aromatic N) is 1. The van der Waals surface area contributed by atoms with E-state index in [9.17, 15) is 4.79 Å². The Bertz CT molecular complexity index is 152. The van der Waals surface area contributed by atoms with Crippen molar-refractivity contribution in [1.82, 2.24) is 5.32 Å². The highest BCUT2D eigenvalue weighted by atomic mass is 16.4. The minimum absolute atomic E-state index is 0.00926. The molecule has 0 fully saturated rings. The van der Waals surface area contributed by atoms with E-state index in [0.29, 0.717) is 0 Å². The van der Waals surface area contributed by atoms with Crippen molar-refractivity contribution in [3.63, 3.8) is 0 Å². The van der Waals surface area contributed by atoms with Gasteiger partial charge in [0.1, 0.15) is 0 Å². The lowest BCUT2D eigenvalue weighted by molar-refractivity contribution is -0.129. The molecule has 0 aliphatic heterocycles. The van der Waals surface area contributed by atoms with Gasteiger partial charge in [0.2, 0.25) is 5.84 Å². The molecule has 0 aliphatic carbocycles. The van der Waals surface area contributed by atoms with Crippen LogP contribution in [0.4, 0.5) is 0 Å². The maximum atomic E-state index is 10.3. The number of nitrogens with one attached hydrogen (secondary N) is 1. The van der Waals surface area contributed by atoms with E-state index in [1.54, 1.807) is 0 Å². The van der Waals surface area contributed by atoms with Crippen molar-refractivity contribution in [1.29, 1.82) is 0 Å². The molecule has 0 aromatic rings. The molecule has 0 rings (SSSR count). The Morgan fingerprint density at radius 1 is 1.60 bits per heavy atom. The van der Waals surface area contributed by atoms with Gasteiger partial charge in [-0.15, -0.1) is 0 Å². The normalized spacial score (nSPS) is 11.8. The predicted molar refractivity (Wildman–Crippen MR) is 39.3 cm³/mol. The fourth-order valence-electron chi connectivity index (χ4n) is 0.495. The van der Waals surface area contributed by atoms with Crippen molar-refractivity contribution < 1.29 is 9.90 Å². The molecule has 0 saturated heterocycles. The predicted octanol–water partition coefficient (Wildman–Crippen LogP) is 0.0973. The monoisotopic (exact) mass is 144 g/mol. The van der Waals surface area contributed by atoms with Crippen LogP contribution in [0.25, 0.3) is 0 Å². The van der Waals surface area contributed by atoms with Crippen LogP contribution in [0.5, 0.6) is 0 Å². The fourth-order valence-corrected chi connectivity index (χ4v) is 0.495. The summed E-state index contributed by atoms with van der Waals surface area (Å²) < 4.78 is 0. The summed E-state index contributed by atoms with van der Waals surface area (Å²) in [6, 6.07) is 0.106. The molecule has 0 atom stereocenters. The molecule has 2 N–H and O–H groups in total. The van der Waals surface area contributed by atoms with Gasteiger partial charge in [0.25, 0.3) is 0 Å². The molecule has 0 unspecified atom stereocenters. The maximum Gasteiger partial charge on any atom is 0.371 e. The maximum absolute atomic E-state index is 10.3. The van der Waals surface area contributed by atoms with Crippen molar-refractivity contribution in [3.05, 3.63) is 0 Å². The molecule has 0 aromatic carbocycles. The number of rotatable bonds is 1. The van der Waals surface area contributed by atoms with Gasteiger partial charge >= 0.3 is 5.97 Å². The molecule has 4 nitrogen and oxygen atoms in total. The van der Waals surface area contributed by atoms with Crippen molar-refractivity contribution >= 4 is 11.8 Å². The van der Waals surface area contributed by atoms with Gasteiger partial charge in [0.15, 0.2) is 0 Å². The quantitative estimate of drug-likeness (QED) is 0.405. The van der Waals surface area contributed by atoms with Crippen molar-refractivity contribution in [2.24, 2.45) is 4.99 Å². The van der Waals surface area contributed by atoms with Crippen LogP contribution in [-0.4, -0.2) is 30.0 Å². The fraction of sp³-hybridized carbons (Fsp3) is 0.667. The average Bonchev–Trinajstić information content (AvgIpc) is 1.81. The molecule has 0 aliphatic rings. The number of aliphatic carboxylic acids is 1. The Labute approximate surface area is 60.0 Å². The molecule has 4 heteroatoms. The third-order valence-electron chi connectivity index (χ3n) is 0.852. The van der Waals surface area contributed by atoms with Gasteiger partial charge in [-0.05, 0) is 13.8 Å². The van der Waals surface area contributed by atoms with Crippen LogP contribution < -0.4 is 5.32 Å². The van der Waals surface area contributed by atoms with Crippen molar-refractivity contribution in [3.8, 4) is 0 Å². The summed E-state index contributed by atoms with van der Waals surface area (Å²) in [6.45, 7) is 3.71. The lowest BCUT2D eigenvalue weighted by Crippen LogP contribution is -2.35. The van der Waals surface area contributed by atoms with E-state index in [0.717, 1.165) is 0 Å². The lowest BCUT2D eigenvalue weighted by atomic mass is 10.4. The average molecular weight is 144 g/mol. The van der Waals surface area contributed by atoms with Gasteiger partial charge in [0.05, 0.1) is 0 Å². The zero-order valence-corrected chi connectivity index (χ0v) is 6.38. The summed E-state index contributed by atoms with van der Waals surface area (Å²) in [4.78, 5) is 13.8. The molecule has 0 saturated carbocycles. The number of amidine groups is 1. The summed E-state index contributed by atoms with van der Waals surface area (Å²) in [5.74, 6) is -1.01. The second-order valence-corrected chi connectivity index (χ2v) is 2.18. The van der Waals surface area contributed by atoms with E-state index in [1.165, 1.54) is 7.05 Å². The molecular weight excluding hydrogens is 132 g/mol. The molecule has 0 amide bonds. The largest absolute Gasteiger partial charge is 0.475 e. The Morgan fingerprint density at radius 3 is 2.20 bits per heavy atom. The van der Waals surface area contributed by atoms with E-state index >= 15 is 0 Å². The molecule has 58 valence electrons. The summed E-state index contributed by atoms with van der Waals surface area (Å²) in [7, 11) is 1.44. The van der Waals surface area contributed by atoms with Gasteiger partial charge in [-0.3, -0.25) is 4.99 Å². The van der Waals surface area contributed by atoms with Crippen LogP contribution in [0, 0.1) is 0 Å². The van der Waals surface area contributed by atoms with Crippen LogP contribution in [-0.2, 0) is 4.79 Å². The highest BCUT2D eigenvalue weighted by molar-refractivity contribution is 6.34. The molecule has 0 spiro atoms. The number of hydrogen-bond acceptors (Lipinski definition) is 2. The van der Waals surface area contributed by atoms with Gasteiger partial charge in [-0.25, -0.2) is 4.79 Å². The van der Waals surface area contributed by atoms with E-state index in [1.807, 2.05) is 13.8 Å². The Balaban J connectivity index is 3.99. The minimum atomic E-state index is -1.02. The number of carbonyl (C=O) groups is 1. The highest BCUT2D eigenvalue weighted by Gasteiger charge is 2.07. The topological polar surface area (TPSA) is 61.7 Å². The molecule has 10 heavy (non-hydrogen) atoms. The standard InChI is InChI=1S/C6H12N2O2/c1-4(2)8-5(7-3)6(9)10/h4H,1-3H3,(H,7,8)(H,9,10). The third-order valence-corrected chi connectivity index (χ3v) is 0.852. The van der Waals surface area contributed by atoms with Gasteiger partial charge < -0.3 is 10.4 Å². The van der Waals surface area contributed by atoms with Gasteiger partial charge in [-0.2, -0.15) is 0 Å². The first kappa shape index (κ1) is 8.94. The molecule has 0 bridgehead atoms. The summed E-state index contributed by atoms with van der Waals surface area (Å²) in [5, 5.41) is 11.1. The zero-order chi connectivity index (χ0) is 8.15. The number of carboxylic acids is 1. The van der Waals surface area contributed by atoms with Crippen LogP contribution in [0.2, 0.25) is 0 Å². The molecular formula is C6H12N2O2. The number of carboxylic acid groups (broad SMARTS) is 1. The Hall–Kier alpha value is -1.06. The minimum Gasteiger partial charge on any atom is -0.475 e. The van der Waals surface area contributed by atoms with Gasteiger partial charge in [0, 0.05) is 13.1 Å². The molecule has 0 radical (unpaired) electrons. The number of aliphatic imine (C=N–C) groups is 1. The first-order chi connectivity index (χ1) is 4.57. The zero-order valence-electron chi connectivity index (χ0n) is 6.38. The highest BCUT2D eigenvalue weighted by Crippen LogP contribution is 1.79. The summed E-state index contributed by atoms with van der Waals surface area (Å²) >= 11 is 0. The van der Waals surface area contributed by atoms with Crippen LogP contribution in [0.15, 0.2) is 4.99 Å². The van der Waals surface area contributed by atoms with Crippen LogP contribution >= 0.6 is 0 Å².